The third kappa shape index (κ3) is 3.45. The summed E-state index contributed by atoms with van der Waals surface area (Å²) in [5, 5.41) is 10.9. The first-order valence-corrected chi connectivity index (χ1v) is 8.27. The van der Waals surface area contributed by atoms with E-state index in [1.54, 1.807) is 28.8 Å². The van der Waals surface area contributed by atoms with E-state index in [1.807, 2.05) is 13.8 Å². The molecule has 3 aromatic rings. The molecule has 3 rings (SSSR count). The molecule has 0 radical (unpaired) electrons. The fraction of sp³-hybridized carbons (Fsp3) is 0.250. The SMILES string of the molecule is CC(C)Cn1c(CN)c(-c2ccccc2F)c2cc(O)ccc2c1=O.Cl. The molecular formula is C20H22ClFN2O2. The van der Waals surface area contributed by atoms with Crippen molar-refractivity contribution >= 4 is 23.2 Å². The van der Waals surface area contributed by atoms with Crippen LogP contribution in [-0.4, -0.2) is 9.67 Å². The van der Waals surface area contributed by atoms with Crippen LogP contribution in [0.15, 0.2) is 47.3 Å². The molecule has 0 aliphatic heterocycles. The van der Waals surface area contributed by atoms with Gasteiger partial charge in [-0.25, -0.2) is 4.39 Å². The molecule has 0 bridgehead atoms. The predicted molar refractivity (Wildman–Crippen MR) is 105 cm³/mol. The topological polar surface area (TPSA) is 68.2 Å². The van der Waals surface area contributed by atoms with Crippen molar-refractivity contribution in [3.8, 4) is 16.9 Å². The van der Waals surface area contributed by atoms with Crippen molar-refractivity contribution in [2.45, 2.75) is 26.9 Å². The average Bonchev–Trinajstić information content (AvgIpc) is 2.57. The molecule has 0 aliphatic carbocycles. The summed E-state index contributed by atoms with van der Waals surface area (Å²) in [5.41, 5.74) is 7.30. The highest BCUT2D eigenvalue weighted by Gasteiger charge is 2.20. The minimum absolute atomic E-state index is 0. The normalized spacial score (nSPS) is 11.0. The highest BCUT2D eigenvalue weighted by molar-refractivity contribution is 5.98. The molecule has 138 valence electrons. The van der Waals surface area contributed by atoms with Crippen LogP contribution in [0.5, 0.6) is 5.75 Å². The summed E-state index contributed by atoms with van der Waals surface area (Å²) in [4.78, 5) is 13.0. The van der Waals surface area contributed by atoms with E-state index in [0.29, 0.717) is 34.1 Å². The lowest BCUT2D eigenvalue weighted by molar-refractivity contribution is 0.476. The summed E-state index contributed by atoms with van der Waals surface area (Å²) in [7, 11) is 0. The van der Waals surface area contributed by atoms with Gasteiger partial charge < -0.3 is 15.4 Å². The average molecular weight is 377 g/mol. The largest absolute Gasteiger partial charge is 0.508 e. The first kappa shape index (κ1) is 19.9. The van der Waals surface area contributed by atoms with Gasteiger partial charge in [0.2, 0.25) is 0 Å². The molecule has 0 spiro atoms. The van der Waals surface area contributed by atoms with E-state index in [4.69, 9.17) is 5.73 Å². The van der Waals surface area contributed by atoms with Crippen molar-refractivity contribution in [2.24, 2.45) is 11.7 Å². The number of aromatic hydroxyl groups is 1. The molecule has 0 saturated carbocycles. The van der Waals surface area contributed by atoms with Crippen molar-refractivity contribution in [3.05, 3.63) is 64.3 Å². The zero-order valence-corrected chi connectivity index (χ0v) is 15.5. The van der Waals surface area contributed by atoms with E-state index in [2.05, 4.69) is 0 Å². The number of phenols is 1. The quantitative estimate of drug-likeness (QED) is 0.721. The van der Waals surface area contributed by atoms with Gasteiger partial charge in [0.05, 0.1) is 0 Å². The lowest BCUT2D eigenvalue weighted by atomic mass is 9.95. The van der Waals surface area contributed by atoms with Gasteiger partial charge in [-0.15, -0.1) is 12.4 Å². The summed E-state index contributed by atoms with van der Waals surface area (Å²) < 4.78 is 16.2. The lowest BCUT2D eigenvalue weighted by Crippen LogP contribution is -2.28. The van der Waals surface area contributed by atoms with E-state index < -0.39 is 5.82 Å². The molecule has 0 saturated heterocycles. The molecule has 1 aromatic heterocycles. The highest BCUT2D eigenvalue weighted by Crippen LogP contribution is 2.34. The Bertz CT molecular complexity index is 999. The van der Waals surface area contributed by atoms with E-state index in [9.17, 15) is 14.3 Å². The summed E-state index contributed by atoms with van der Waals surface area (Å²) in [6, 6.07) is 10.9. The Kier molecular flexibility index (Phi) is 6.05. The van der Waals surface area contributed by atoms with E-state index in [0.717, 1.165) is 0 Å². The summed E-state index contributed by atoms with van der Waals surface area (Å²) in [6.45, 7) is 4.61. The second kappa shape index (κ2) is 7.89. The lowest BCUT2D eigenvalue weighted by Gasteiger charge is -2.21. The summed E-state index contributed by atoms with van der Waals surface area (Å²) in [5.74, 6) is -0.142. The zero-order chi connectivity index (χ0) is 18.1. The minimum Gasteiger partial charge on any atom is -0.508 e. The van der Waals surface area contributed by atoms with E-state index in [1.165, 1.54) is 18.2 Å². The molecule has 6 heteroatoms. The second-order valence-corrected chi connectivity index (χ2v) is 6.55. The maximum absolute atomic E-state index is 14.5. The highest BCUT2D eigenvalue weighted by atomic mass is 35.5. The van der Waals surface area contributed by atoms with Gasteiger partial charge in [-0.05, 0) is 30.2 Å². The Balaban J connectivity index is 0.00000243. The number of hydrogen-bond donors (Lipinski definition) is 2. The molecule has 26 heavy (non-hydrogen) atoms. The van der Waals surface area contributed by atoms with Gasteiger partial charge in [-0.3, -0.25) is 4.79 Å². The van der Waals surface area contributed by atoms with Gasteiger partial charge in [0.15, 0.2) is 0 Å². The van der Waals surface area contributed by atoms with Crippen LogP contribution >= 0.6 is 12.4 Å². The molecule has 2 aromatic carbocycles. The van der Waals surface area contributed by atoms with Crippen molar-refractivity contribution in [1.82, 2.24) is 4.57 Å². The third-order valence-electron chi connectivity index (χ3n) is 4.25. The van der Waals surface area contributed by atoms with Crippen LogP contribution in [0.4, 0.5) is 4.39 Å². The first-order chi connectivity index (χ1) is 11.9. The predicted octanol–water partition coefficient (Wildman–Crippen LogP) is 4.05. The maximum Gasteiger partial charge on any atom is 0.258 e. The number of nitrogens with two attached hydrogens (primary N) is 1. The van der Waals surface area contributed by atoms with Crippen molar-refractivity contribution in [2.75, 3.05) is 0 Å². The van der Waals surface area contributed by atoms with Crippen LogP contribution in [-0.2, 0) is 13.1 Å². The van der Waals surface area contributed by atoms with Gasteiger partial charge in [-0.1, -0.05) is 32.0 Å². The van der Waals surface area contributed by atoms with Gasteiger partial charge >= 0.3 is 0 Å². The number of halogens is 2. The second-order valence-electron chi connectivity index (χ2n) is 6.55. The fourth-order valence-corrected chi connectivity index (χ4v) is 3.22. The number of nitrogens with zero attached hydrogens (tertiary/aromatic N) is 1. The van der Waals surface area contributed by atoms with E-state index >= 15 is 0 Å². The Hall–Kier alpha value is -2.37. The molecule has 0 unspecified atom stereocenters. The molecule has 4 nitrogen and oxygen atoms in total. The summed E-state index contributed by atoms with van der Waals surface area (Å²) >= 11 is 0. The number of pyridine rings is 1. The molecule has 0 fully saturated rings. The van der Waals surface area contributed by atoms with Crippen LogP contribution in [0.25, 0.3) is 21.9 Å². The smallest absolute Gasteiger partial charge is 0.258 e. The number of benzene rings is 2. The van der Waals surface area contributed by atoms with Crippen LogP contribution < -0.4 is 11.3 Å². The number of phenolic OH excluding ortho intramolecular Hbond substituents is 1. The Morgan fingerprint density at radius 3 is 2.46 bits per heavy atom. The van der Waals surface area contributed by atoms with E-state index in [-0.39, 0.29) is 36.2 Å². The van der Waals surface area contributed by atoms with Gasteiger partial charge in [-0.2, -0.15) is 0 Å². The fourth-order valence-electron chi connectivity index (χ4n) is 3.22. The number of aromatic nitrogens is 1. The van der Waals surface area contributed by atoms with Gasteiger partial charge in [0.1, 0.15) is 11.6 Å². The Morgan fingerprint density at radius 1 is 1.15 bits per heavy atom. The number of fused-ring (bicyclic) bond motifs is 1. The van der Waals surface area contributed by atoms with Crippen LogP contribution in [0.3, 0.4) is 0 Å². The zero-order valence-electron chi connectivity index (χ0n) is 14.7. The molecule has 0 amide bonds. The van der Waals surface area contributed by atoms with Crippen LogP contribution in [0, 0.1) is 11.7 Å². The van der Waals surface area contributed by atoms with Crippen molar-refractivity contribution in [1.29, 1.82) is 0 Å². The number of rotatable bonds is 4. The maximum atomic E-state index is 14.5. The number of hydrogen-bond acceptors (Lipinski definition) is 3. The third-order valence-corrected chi connectivity index (χ3v) is 4.25. The van der Waals surface area contributed by atoms with Gasteiger partial charge in [0, 0.05) is 40.7 Å². The van der Waals surface area contributed by atoms with Gasteiger partial charge in [0.25, 0.3) is 5.56 Å². The van der Waals surface area contributed by atoms with Crippen LogP contribution in [0.1, 0.15) is 19.5 Å². The Morgan fingerprint density at radius 2 is 1.85 bits per heavy atom. The molecular weight excluding hydrogens is 355 g/mol. The molecule has 1 heterocycles. The standard InChI is InChI=1S/C20H21FN2O2.ClH/c1-12(2)11-23-18(10-22)19(15-5-3-4-6-17(15)21)16-9-13(24)7-8-14(16)20(23)25;/h3-9,12,24H,10-11,22H2,1-2H3;1H. The minimum atomic E-state index is -0.392. The van der Waals surface area contributed by atoms with Crippen molar-refractivity contribution < 1.29 is 9.50 Å². The Labute approximate surface area is 157 Å². The first-order valence-electron chi connectivity index (χ1n) is 8.27. The monoisotopic (exact) mass is 376 g/mol. The molecule has 0 aliphatic rings. The molecule has 3 N–H and O–H groups in total. The summed E-state index contributed by atoms with van der Waals surface area (Å²) in [6.07, 6.45) is 0. The van der Waals surface area contributed by atoms with Crippen LogP contribution in [0.2, 0.25) is 0 Å². The van der Waals surface area contributed by atoms with Crippen molar-refractivity contribution in [3.63, 3.8) is 0 Å². The molecule has 0 atom stereocenters.